The van der Waals surface area contributed by atoms with E-state index in [4.69, 9.17) is 0 Å². The zero-order valence-corrected chi connectivity index (χ0v) is 6.57. The predicted octanol–water partition coefficient (Wildman–Crippen LogP) is 1.18. The van der Waals surface area contributed by atoms with E-state index >= 15 is 0 Å². The van der Waals surface area contributed by atoms with E-state index in [1.54, 1.807) is 6.20 Å². The summed E-state index contributed by atoms with van der Waals surface area (Å²) in [5, 5.41) is 6.98. The van der Waals surface area contributed by atoms with Gasteiger partial charge in [-0.25, -0.2) is 10.1 Å². The molecular weight excluding hydrogens is 140 g/mol. The fourth-order valence-corrected chi connectivity index (χ4v) is 1.14. The summed E-state index contributed by atoms with van der Waals surface area (Å²) in [5.41, 5.74) is 0. The second kappa shape index (κ2) is 2.08. The maximum atomic E-state index is 4.13. The lowest BCUT2D eigenvalue weighted by molar-refractivity contribution is 0.760. The summed E-state index contributed by atoms with van der Waals surface area (Å²) in [7, 11) is 0. The van der Waals surface area contributed by atoms with Crippen LogP contribution in [0.4, 0.5) is 0 Å². The van der Waals surface area contributed by atoms with E-state index in [-0.39, 0.29) is 0 Å². The lowest BCUT2D eigenvalue weighted by atomic mass is 10.2. The van der Waals surface area contributed by atoms with Gasteiger partial charge in [0.05, 0.1) is 0 Å². The summed E-state index contributed by atoms with van der Waals surface area (Å²) in [6.45, 7) is 4.21. The van der Waals surface area contributed by atoms with Crippen molar-refractivity contribution < 1.29 is 0 Å². The van der Waals surface area contributed by atoms with Crippen molar-refractivity contribution in [3.8, 4) is 0 Å². The minimum Gasteiger partial charge on any atom is -0.270 e. The van der Waals surface area contributed by atoms with Gasteiger partial charge in [0.25, 0.3) is 0 Å². The van der Waals surface area contributed by atoms with Gasteiger partial charge < -0.3 is 0 Å². The van der Waals surface area contributed by atoms with Crippen LogP contribution >= 0.6 is 0 Å². The van der Waals surface area contributed by atoms with Crippen LogP contribution in [0.3, 0.4) is 0 Å². The molecule has 2 aromatic heterocycles. The van der Waals surface area contributed by atoms with Crippen LogP contribution in [-0.4, -0.2) is 19.6 Å². The number of fused-ring (bicyclic) bond motifs is 1. The fourth-order valence-electron chi connectivity index (χ4n) is 1.14. The summed E-state index contributed by atoms with van der Waals surface area (Å²) in [6, 6.07) is 0. The van der Waals surface area contributed by atoms with Crippen LogP contribution in [0.5, 0.6) is 0 Å². The normalized spacial score (nSPS) is 11.5. The molecule has 0 spiro atoms. The molecule has 0 aliphatic rings. The van der Waals surface area contributed by atoms with Gasteiger partial charge in [0.2, 0.25) is 5.78 Å². The molecule has 0 aliphatic carbocycles. The van der Waals surface area contributed by atoms with Gasteiger partial charge in [0.1, 0.15) is 5.82 Å². The van der Waals surface area contributed by atoms with Crippen molar-refractivity contribution in [2.75, 3.05) is 0 Å². The number of aromatic amines is 1. The fraction of sp³-hybridized carbons (Fsp3) is 0.429. The summed E-state index contributed by atoms with van der Waals surface area (Å²) in [5.74, 6) is 2.27. The average Bonchev–Trinajstić information content (AvgIpc) is 2.41. The minimum atomic E-state index is 0.429. The van der Waals surface area contributed by atoms with Gasteiger partial charge in [0.15, 0.2) is 0 Å². The Kier molecular flexibility index (Phi) is 1.21. The highest BCUT2D eigenvalue weighted by Crippen LogP contribution is 2.11. The zero-order valence-electron chi connectivity index (χ0n) is 6.57. The van der Waals surface area contributed by atoms with E-state index in [2.05, 4.69) is 29.0 Å². The van der Waals surface area contributed by atoms with Gasteiger partial charge in [0, 0.05) is 18.3 Å². The molecular formula is C7H10N4. The molecule has 2 rings (SSSR count). The molecule has 2 aromatic rings. The predicted molar refractivity (Wildman–Crippen MR) is 41.4 cm³/mol. The number of hydrogen-bond donors (Lipinski definition) is 1. The Labute approximate surface area is 64.3 Å². The molecule has 0 aliphatic heterocycles. The lowest BCUT2D eigenvalue weighted by Crippen LogP contribution is -1.94. The molecule has 0 aromatic carbocycles. The standard InChI is InChI=1S/C7H10N4/c1-5(2)6-9-10-7-8-3-4-11(6)7/h3-5H,1-2H3,(H,8,10). The number of aromatic nitrogens is 4. The Morgan fingerprint density at radius 1 is 1.55 bits per heavy atom. The van der Waals surface area contributed by atoms with Crippen molar-refractivity contribution in [3.63, 3.8) is 0 Å². The molecule has 58 valence electrons. The van der Waals surface area contributed by atoms with Crippen LogP contribution in [0.15, 0.2) is 12.4 Å². The third kappa shape index (κ3) is 0.824. The van der Waals surface area contributed by atoms with Gasteiger partial charge in [-0.05, 0) is 0 Å². The van der Waals surface area contributed by atoms with Gasteiger partial charge in [-0.1, -0.05) is 13.8 Å². The van der Waals surface area contributed by atoms with Crippen molar-refractivity contribution >= 4 is 5.78 Å². The Hall–Kier alpha value is -1.32. The maximum Gasteiger partial charge on any atom is 0.229 e. The highest BCUT2D eigenvalue weighted by atomic mass is 15.3. The largest absolute Gasteiger partial charge is 0.270 e. The van der Waals surface area contributed by atoms with Crippen molar-refractivity contribution in [3.05, 3.63) is 18.2 Å². The van der Waals surface area contributed by atoms with Crippen molar-refractivity contribution in [1.29, 1.82) is 0 Å². The molecule has 0 unspecified atom stereocenters. The molecule has 0 bridgehead atoms. The highest BCUT2D eigenvalue weighted by molar-refractivity contribution is 5.27. The lowest BCUT2D eigenvalue weighted by Gasteiger charge is -1.97. The molecule has 0 amide bonds. The summed E-state index contributed by atoms with van der Waals surface area (Å²) >= 11 is 0. The molecule has 4 nitrogen and oxygen atoms in total. The van der Waals surface area contributed by atoms with Crippen LogP contribution in [0.2, 0.25) is 0 Å². The Morgan fingerprint density at radius 2 is 2.36 bits per heavy atom. The first-order chi connectivity index (χ1) is 5.29. The topological polar surface area (TPSA) is 46.0 Å². The Morgan fingerprint density at radius 3 is 3.09 bits per heavy atom. The second-order valence-electron chi connectivity index (χ2n) is 2.86. The number of nitrogens with zero attached hydrogens (tertiary/aromatic N) is 3. The van der Waals surface area contributed by atoms with E-state index in [9.17, 15) is 0 Å². The molecule has 0 saturated heterocycles. The highest BCUT2D eigenvalue weighted by Gasteiger charge is 2.07. The first kappa shape index (κ1) is 6.39. The third-order valence-corrected chi connectivity index (χ3v) is 1.67. The molecule has 1 N–H and O–H groups in total. The number of imidazole rings is 1. The second-order valence-corrected chi connectivity index (χ2v) is 2.86. The van der Waals surface area contributed by atoms with Crippen LogP contribution in [0.25, 0.3) is 5.78 Å². The molecule has 2 heterocycles. The van der Waals surface area contributed by atoms with Crippen molar-refractivity contribution in [1.82, 2.24) is 19.6 Å². The Bertz CT molecular complexity index is 357. The number of hydrogen-bond acceptors (Lipinski definition) is 2. The first-order valence-electron chi connectivity index (χ1n) is 3.66. The molecule has 0 fully saturated rings. The maximum absolute atomic E-state index is 4.13. The number of nitrogens with one attached hydrogen (secondary N) is 1. The van der Waals surface area contributed by atoms with Gasteiger partial charge in [-0.2, -0.15) is 5.10 Å². The molecule has 0 saturated carbocycles. The van der Waals surface area contributed by atoms with E-state index in [0.29, 0.717) is 5.92 Å². The van der Waals surface area contributed by atoms with E-state index in [1.165, 1.54) is 0 Å². The molecule has 0 radical (unpaired) electrons. The molecule has 11 heavy (non-hydrogen) atoms. The smallest absolute Gasteiger partial charge is 0.229 e. The summed E-state index contributed by atoms with van der Waals surface area (Å²) in [4.78, 5) is 4.07. The minimum absolute atomic E-state index is 0.429. The van der Waals surface area contributed by atoms with Crippen molar-refractivity contribution in [2.24, 2.45) is 0 Å². The number of H-pyrrole nitrogens is 1. The van der Waals surface area contributed by atoms with Crippen molar-refractivity contribution in [2.45, 2.75) is 19.8 Å². The summed E-state index contributed by atoms with van der Waals surface area (Å²) < 4.78 is 1.96. The van der Waals surface area contributed by atoms with E-state index in [0.717, 1.165) is 11.6 Å². The monoisotopic (exact) mass is 150 g/mol. The van der Waals surface area contributed by atoms with Gasteiger partial charge in [-0.15, -0.1) is 0 Å². The van der Waals surface area contributed by atoms with Gasteiger partial charge in [-0.3, -0.25) is 4.40 Å². The average molecular weight is 150 g/mol. The van der Waals surface area contributed by atoms with Gasteiger partial charge >= 0.3 is 0 Å². The van der Waals surface area contributed by atoms with Crippen LogP contribution in [0, 0.1) is 0 Å². The van der Waals surface area contributed by atoms with Crippen LogP contribution < -0.4 is 0 Å². The van der Waals surface area contributed by atoms with E-state index < -0.39 is 0 Å². The first-order valence-corrected chi connectivity index (χ1v) is 3.66. The Balaban J connectivity index is 2.68. The summed E-state index contributed by atoms with van der Waals surface area (Å²) in [6.07, 6.45) is 3.67. The van der Waals surface area contributed by atoms with Crippen LogP contribution in [0.1, 0.15) is 25.6 Å². The SMILES string of the molecule is CC(C)c1n[nH]c2nccn12. The molecule has 0 atom stereocenters. The molecule has 4 heteroatoms. The quantitative estimate of drug-likeness (QED) is 0.663. The van der Waals surface area contributed by atoms with Crippen LogP contribution in [-0.2, 0) is 0 Å². The zero-order chi connectivity index (χ0) is 7.84. The van der Waals surface area contributed by atoms with E-state index in [1.807, 2.05) is 10.6 Å². The number of rotatable bonds is 1. The third-order valence-electron chi connectivity index (χ3n) is 1.67.